The fourth-order valence-electron chi connectivity index (χ4n) is 1.10. The predicted molar refractivity (Wildman–Crippen MR) is 58.9 cm³/mol. The molecule has 0 aromatic heterocycles. The van der Waals surface area contributed by atoms with Crippen molar-refractivity contribution in [2.75, 3.05) is 13.7 Å². The molecule has 96 valence electrons. The smallest absolute Gasteiger partial charge is 0.167 e. The van der Waals surface area contributed by atoms with Crippen LogP contribution < -0.4 is 4.74 Å². The molecule has 0 radical (unpaired) electrons. The molecule has 0 spiro atoms. The zero-order valence-electron chi connectivity index (χ0n) is 10.0. The van der Waals surface area contributed by atoms with Gasteiger partial charge in [0.2, 0.25) is 0 Å². The number of aliphatic hydroxyl groups excluding tert-OH is 1. The first-order valence-electron chi connectivity index (χ1n) is 5.18. The van der Waals surface area contributed by atoms with Crippen molar-refractivity contribution in [1.82, 2.24) is 0 Å². The Morgan fingerprint density at radius 1 is 1.35 bits per heavy atom. The van der Waals surface area contributed by atoms with Gasteiger partial charge in [-0.25, -0.2) is 8.78 Å². The molecule has 1 unspecified atom stereocenters. The van der Waals surface area contributed by atoms with E-state index in [1.807, 2.05) is 0 Å². The van der Waals surface area contributed by atoms with Gasteiger partial charge in [0.1, 0.15) is 18.5 Å². The van der Waals surface area contributed by atoms with E-state index in [2.05, 4.69) is 0 Å². The molecule has 0 amide bonds. The maximum atomic E-state index is 13.2. The maximum Gasteiger partial charge on any atom is 0.167 e. The summed E-state index contributed by atoms with van der Waals surface area (Å²) in [5, 5.41) is 9.74. The molecule has 0 aliphatic rings. The number of ether oxygens (including phenoxy) is 2. The zero-order valence-corrected chi connectivity index (χ0v) is 10.0. The van der Waals surface area contributed by atoms with Crippen LogP contribution >= 0.6 is 0 Å². The Labute approximate surface area is 99.0 Å². The highest BCUT2D eigenvalue weighted by atomic mass is 19.1. The van der Waals surface area contributed by atoms with Gasteiger partial charge in [-0.15, -0.1) is 0 Å². The van der Waals surface area contributed by atoms with Crippen LogP contribution in [0.1, 0.15) is 13.8 Å². The third-order valence-electron chi connectivity index (χ3n) is 2.62. The Hall–Kier alpha value is -1.20. The Morgan fingerprint density at radius 2 is 2.00 bits per heavy atom. The highest BCUT2D eigenvalue weighted by molar-refractivity contribution is 5.24. The van der Waals surface area contributed by atoms with Gasteiger partial charge in [-0.05, 0) is 26.0 Å². The standard InChI is InChI=1S/C12H16F2O3/c1-12(2,16-3)11(15)7-17-10-5-4-8(13)6-9(10)14/h4-6,11,15H,7H2,1-3H3. The summed E-state index contributed by atoms with van der Waals surface area (Å²) in [6, 6.07) is 2.99. The topological polar surface area (TPSA) is 38.7 Å². The van der Waals surface area contributed by atoms with Crippen molar-refractivity contribution in [2.24, 2.45) is 0 Å². The summed E-state index contributed by atoms with van der Waals surface area (Å²) in [5.41, 5.74) is -0.795. The van der Waals surface area contributed by atoms with Crippen molar-refractivity contribution in [3.05, 3.63) is 29.8 Å². The summed E-state index contributed by atoms with van der Waals surface area (Å²) >= 11 is 0. The van der Waals surface area contributed by atoms with E-state index in [0.717, 1.165) is 12.1 Å². The Balaban J connectivity index is 2.62. The van der Waals surface area contributed by atoms with E-state index in [9.17, 15) is 13.9 Å². The first-order chi connectivity index (χ1) is 7.86. The second-order valence-corrected chi connectivity index (χ2v) is 4.21. The maximum absolute atomic E-state index is 13.2. The molecule has 0 saturated carbocycles. The summed E-state index contributed by atoms with van der Waals surface area (Å²) in [4.78, 5) is 0. The van der Waals surface area contributed by atoms with E-state index in [-0.39, 0.29) is 12.4 Å². The van der Waals surface area contributed by atoms with Crippen LogP contribution in [-0.4, -0.2) is 30.5 Å². The number of hydrogen-bond donors (Lipinski definition) is 1. The van der Waals surface area contributed by atoms with Crippen LogP contribution in [0.25, 0.3) is 0 Å². The van der Waals surface area contributed by atoms with Crippen molar-refractivity contribution in [3.8, 4) is 5.75 Å². The van der Waals surface area contributed by atoms with E-state index >= 15 is 0 Å². The molecule has 0 saturated heterocycles. The number of aliphatic hydroxyl groups is 1. The van der Waals surface area contributed by atoms with Crippen molar-refractivity contribution in [3.63, 3.8) is 0 Å². The lowest BCUT2D eigenvalue weighted by molar-refractivity contribution is -0.0918. The third-order valence-corrected chi connectivity index (χ3v) is 2.62. The highest BCUT2D eigenvalue weighted by Crippen LogP contribution is 2.20. The number of rotatable bonds is 5. The fourth-order valence-corrected chi connectivity index (χ4v) is 1.10. The number of halogens is 2. The van der Waals surface area contributed by atoms with Crippen molar-refractivity contribution < 1.29 is 23.4 Å². The number of methoxy groups -OCH3 is 1. The van der Waals surface area contributed by atoms with Crippen molar-refractivity contribution in [2.45, 2.75) is 25.6 Å². The van der Waals surface area contributed by atoms with Crippen molar-refractivity contribution >= 4 is 0 Å². The molecule has 0 aliphatic carbocycles. The monoisotopic (exact) mass is 246 g/mol. The molecule has 1 aromatic carbocycles. The lowest BCUT2D eigenvalue weighted by Gasteiger charge is -2.28. The van der Waals surface area contributed by atoms with Gasteiger partial charge in [0, 0.05) is 13.2 Å². The van der Waals surface area contributed by atoms with Gasteiger partial charge in [0.15, 0.2) is 11.6 Å². The molecule has 1 aromatic rings. The van der Waals surface area contributed by atoms with Crippen LogP contribution in [0.4, 0.5) is 8.78 Å². The van der Waals surface area contributed by atoms with Crippen LogP contribution in [0, 0.1) is 11.6 Å². The lowest BCUT2D eigenvalue weighted by atomic mass is 10.0. The van der Waals surface area contributed by atoms with Gasteiger partial charge >= 0.3 is 0 Å². The van der Waals surface area contributed by atoms with Crippen LogP contribution in [0.3, 0.4) is 0 Å². The Kier molecular flexibility index (Phi) is 4.42. The lowest BCUT2D eigenvalue weighted by Crippen LogP contribution is -2.42. The summed E-state index contributed by atoms with van der Waals surface area (Å²) < 4.78 is 36.0. The molecule has 17 heavy (non-hydrogen) atoms. The van der Waals surface area contributed by atoms with Crippen LogP contribution in [0.2, 0.25) is 0 Å². The summed E-state index contributed by atoms with van der Waals surface area (Å²) in [6.07, 6.45) is -0.919. The molecule has 1 atom stereocenters. The summed E-state index contributed by atoms with van der Waals surface area (Å²) in [5.74, 6) is -1.57. The van der Waals surface area contributed by atoms with Crippen molar-refractivity contribution in [1.29, 1.82) is 0 Å². The van der Waals surface area contributed by atoms with E-state index < -0.39 is 23.3 Å². The van der Waals surface area contributed by atoms with Gasteiger partial charge in [-0.3, -0.25) is 0 Å². The zero-order chi connectivity index (χ0) is 13.1. The van der Waals surface area contributed by atoms with Gasteiger partial charge in [0.25, 0.3) is 0 Å². The van der Waals surface area contributed by atoms with E-state index in [0.29, 0.717) is 0 Å². The largest absolute Gasteiger partial charge is 0.488 e. The van der Waals surface area contributed by atoms with Gasteiger partial charge in [-0.2, -0.15) is 0 Å². The normalized spacial score (nSPS) is 13.5. The Bertz CT molecular complexity index is 380. The minimum Gasteiger partial charge on any atom is -0.488 e. The molecule has 0 fully saturated rings. The molecule has 5 heteroatoms. The molecule has 0 bridgehead atoms. The second-order valence-electron chi connectivity index (χ2n) is 4.21. The molecular weight excluding hydrogens is 230 g/mol. The predicted octanol–water partition coefficient (Wildman–Crippen LogP) is 2.13. The molecule has 0 heterocycles. The number of hydrogen-bond acceptors (Lipinski definition) is 3. The highest BCUT2D eigenvalue weighted by Gasteiger charge is 2.28. The second kappa shape index (κ2) is 5.42. The minimum absolute atomic E-state index is 0.0997. The first-order valence-corrected chi connectivity index (χ1v) is 5.18. The quantitative estimate of drug-likeness (QED) is 0.865. The molecular formula is C12H16F2O3. The SMILES string of the molecule is COC(C)(C)C(O)COc1ccc(F)cc1F. The van der Waals surface area contributed by atoms with Crippen LogP contribution in [0.15, 0.2) is 18.2 Å². The van der Waals surface area contributed by atoms with Gasteiger partial charge < -0.3 is 14.6 Å². The summed E-state index contributed by atoms with van der Waals surface area (Å²) in [7, 11) is 1.46. The molecule has 3 nitrogen and oxygen atoms in total. The summed E-state index contributed by atoms with van der Waals surface area (Å²) in [6.45, 7) is 3.23. The molecule has 1 N–H and O–H groups in total. The molecule has 1 rings (SSSR count). The third kappa shape index (κ3) is 3.64. The van der Waals surface area contributed by atoms with Gasteiger partial charge in [-0.1, -0.05) is 0 Å². The average Bonchev–Trinajstić information content (AvgIpc) is 2.27. The molecule has 0 aliphatic heterocycles. The van der Waals surface area contributed by atoms with E-state index in [4.69, 9.17) is 9.47 Å². The van der Waals surface area contributed by atoms with Gasteiger partial charge in [0.05, 0.1) is 5.60 Å². The fraction of sp³-hybridized carbons (Fsp3) is 0.500. The van der Waals surface area contributed by atoms with Crippen LogP contribution in [-0.2, 0) is 4.74 Å². The van der Waals surface area contributed by atoms with E-state index in [1.165, 1.54) is 13.2 Å². The van der Waals surface area contributed by atoms with E-state index in [1.54, 1.807) is 13.8 Å². The minimum atomic E-state index is -0.919. The number of benzene rings is 1. The van der Waals surface area contributed by atoms with Crippen LogP contribution in [0.5, 0.6) is 5.75 Å². The average molecular weight is 246 g/mol. The first kappa shape index (κ1) is 13.9. The Morgan fingerprint density at radius 3 is 2.53 bits per heavy atom.